The van der Waals surface area contributed by atoms with Crippen molar-refractivity contribution in [2.24, 2.45) is 0 Å². The fourth-order valence-corrected chi connectivity index (χ4v) is 2.64. The zero-order valence-electron chi connectivity index (χ0n) is 8.57. The number of likely N-dealkylation sites (N-methyl/N-ethyl adjacent to an activating group) is 1. The number of thiophene rings is 1. The van der Waals surface area contributed by atoms with Crippen LogP contribution in [-0.4, -0.2) is 36.1 Å². The maximum absolute atomic E-state index is 11.5. The van der Waals surface area contributed by atoms with Crippen LogP contribution in [0.3, 0.4) is 0 Å². The van der Waals surface area contributed by atoms with Crippen molar-refractivity contribution in [3.05, 3.63) is 20.8 Å². The predicted molar refractivity (Wildman–Crippen MR) is 65.1 cm³/mol. The summed E-state index contributed by atoms with van der Waals surface area (Å²) >= 11 is 5.02. The number of amides is 1. The van der Waals surface area contributed by atoms with Gasteiger partial charge in [0.25, 0.3) is 0 Å². The minimum absolute atomic E-state index is 0.0206. The Morgan fingerprint density at radius 2 is 2.40 bits per heavy atom. The van der Waals surface area contributed by atoms with Gasteiger partial charge in [-0.05, 0) is 28.4 Å². The van der Waals surface area contributed by atoms with Crippen LogP contribution < -0.4 is 0 Å². The molecule has 0 unspecified atom stereocenters. The summed E-state index contributed by atoms with van der Waals surface area (Å²) in [5.41, 5.74) is 0. The molecule has 0 bridgehead atoms. The second kappa shape index (κ2) is 6.25. The summed E-state index contributed by atoms with van der Waals surface area (Å²) < 4.78 is 1.07. The molecule has 0 atom stereocenters. The SMILES string of the molecule is CN(CCO)C(=O)CCc1cc(Br)cs1. The van der Waals surface area contributed by atoms with Crippen LogP contribution in [0.1, 0.15) is 11.3 Å². The Bertz CT molecular complexity index is 327. The first-order valence-corrected chi connectivity index (χ1v) is 6.38. The van der Waals surface area contributed by atoms with Gasteiger partial charge in [0.2, 0.25) is 5.91 Å². The topological polar surface area (TPSA) is 40.5 Å². The number of aliphatic hydroxyl groups is 1. The average molecular weight is 292 g/mol. The van der Waals surface area contributed by atoms with E-state index in [9.17, 15) is 4.79 Å². The third-order valence-electron chi connectivity index (χ3n) is 2.07. The highest BCUT2D eigenvalue weighted by Crippen LogP contribution is 2.20. The van der Waals surface area contributed by atoms with E-state index in [-0.39, 0.29) is 12.5 Å². The van der Waals surface area contributed by atoms with E-state index in [1.54, 1.807) is 23.3 Å². The normalized spacial score (nSPS) is 10.3. The molecule has 1 aromatic rings. The summed E-state index contributed by atoms with van der Waals surface area (Å²) in [4.78, 5) is 14.3. The van der Waals surface area contributed by atoms with E-state index in [1.807, 2.05) is 11.4 Å². The number of halogens is 1. The smallest absolute Gasteiger partial charge is 0.222 e. The second-order valence-electron chi connectivity index (χ2n) is 3.27. The van der Waals surface area contributed by atoms with Crippen LogP contribution >= 0.6 is 27.3 Å². The monoisotopic (exact) mass is 291 g/mol. The summed E-state index contributed by atoms with van der Waals surface area (Å²) in [6, 6.07) is 2.03. The maximum atomic E-state index is 11.5. The highest BCUT2D eigenvalue weighted by Gasteiger charge is 2.08. The van der Waals surface area contributed by atoms with Crippen LogP contribution in [0, 0.1) is 0 Å². The first kappa shape index (κ1) is 12.7. The predicted octanol–water partition coefficient (Wildman–Crippen LogP) is 1.89. The zero-order chi connectivity index (χ0) is 11.3. The highest BCUT2D eigenvalue weighted by molar-refractivity contribution is 9.10. The molecule has 0 spiro atoms. The van der Waals surface area contributed by atoms with Crippen molar-refractivity contribution >= 4 is 33.2 Å². The Hall–Kier alpha value is -0.390. The van der Waals surface area contributed by atoms with E-state index in [2.05, 4.69) is 15.9 Å². The summed E-state index contributed by atoms with van der Waals surface area (Å²) in [6.07, 6.45) is 1.27. The fraction of sp³-hybridized carbons (Fsp3) is 0.500. The standard InChI is InChI=1S/C10H14BrNO2S/c1-12(4-5-13)10(14)3-2-9-6-8(11)7-15-9/h6-7,13H,2-5H2,1H3. The summed E-state index contributed by atoms with van der Waals surface area (Å²) in [5.74, 6) is 0.0774. The van der Waals surface area contributed by atoms with Crippen LogP contribution in [0.5, 0.6) is 0 Å². The van der Waals surface area contributed by atoms with E-state index >= 15 is 0 Å². The Labute approximate surface area is 102 Å². The molecule has 0 aromatic carbocycles. The van der Waals surface area contributed by atoms with Crippen molar-refractivity contribution < 1.29 is 9.90 Å². The molecule has 1 N–H and O–H groups in total. The Morgan fingerprint density at radius 1 is 1.67 bits per heavy atom. The van der Waals surface area contributed by atoms with Gasteiger partial charge in [-0.15, -0.1) is 11.3 Å². The molecule has 84 valence electrons. The van der Waals surface area contributed by atoms with Gasteiger partial charge in [0.1, 0.15) is 0 Å². The van der Waals surface area contributed by atoms with Crippen LogP contribution in [0.15, 0.2) is 15.9 Å². The number of nitrogens with zero attached hydrogens (tertiary/aromatic N) is 1. The van der Waals surface area contributed by atoms with E-state index in [4.69, 9.17) is 5.11 Å². The van der Waals surface area contributed by atoms with Gasteiger partial charge < -0.3 is 10.0 Å². The number of hydrogen-bond donors (Lipinski definition) is 1. The molecule has 0 saturated heterocycles. The first-order chi connectivity index (χ1) is 7.13. The molecular weight excluding hydrogens is 278 g/mol. The zero-order valence-corrected chi connectivity index (χ0v) is 11.0. The van der Waals surface area contributed by atoms with Gasteiger partial charge in [-0.3, -0.25) is 4.79 Å². The van der Waals surface area contributed by atoms with E-state index in [0.29, 0.717) is 13.0 Å². The quantitative estimate of drug-likeness (QED) is 0.900. The first-order valence-electron chi connectivity index (χ1n) is 4.71. The number of aliphatic hydroxyl groups excluding tert-OH is 1. The van der Waals surface area contributed by atoms with Gasteiger partial charge >= 0.3 is 0 Å². The molecule has 0 aliphatic carbocycles. The third kappa shape index (κ3) is 4.32. The Balaban J connectivity index is 2.34. The van der Waals surface area contributed by atoms with Gasteiger partial charge in [-0.2, -0.15) is 0 Å². The van der Waals surface area contributed by atoms with Crippen LogP contribution in [0.25, 0.3) is 0 Å². The lowest BCUT2D eigenvalue weighted by Gasteiger charge is -2.14. The largest absolute Gasteiger partial charge is 0.395 e. The Morgan fingerprint density at radius 3 is 2.93 bits per heavy atom. The molecule has 15 heavy (non-hydrogen) atoms. The summed E-state index contributed by atoms with van der Waals surface area (Å²) in [7, 11) is 1.71. The van der Waals surface area contributed by atoms with Gasteiger partial charge in [-0.1, -0.05) is 0 Å². The van der Waals surface area contributed by atoms with Gasteiger partial charge in [-0.25, -0.2) is 0 Å². The molecule has 0 aliphatic heterocycles. The van der Waals surface area contributed by atoms with Gasteiger partial charge in [0.15, 0.2) is 0 Å². The van der Waals surface area contributed by atoms with Gasteiger partial charge in [0.05, 0.1) is 6.61 Å². The molecule has 5 heteroatoms. The second-order valence-corrected chi connectivity index (χ2v) is 5.18. The molecule has 0 saturated carbocycles. The van der Waals surface area contributed by atoms with Crippen molar-refractivity contribution in [1.82, 2.24) is 4.90 Å². The van der Waals surface area contributed by atoms with Crippen molar-refractivity contribution in [2.45, 2.75) is 12.8 Å². The van der Waals surface area contributed by atoms with E-state index < -0.39 is 0 Å². The number of carbonyl (C=O) groups excluding carboxylic acids is 1. The van der Waals surface area contributed by atoms with Crippen LogP contribution in [0.4, 0.5) is 0 Å². The maximum Gasteiger partial charge on any atom is 0.222 e. The number of aryl methyl sites for hydroxylation is 1. The van der Waals surface area contributed by atoms with Crippen LogP contribution in [-0.2, 0) is 11.2 Å². The van der Waals surface area contributed by atoms with E-state index in [1.165, 1.54) is 4.88 Å². The minimum atomic E-state index is 0.0206. The van der Waals surface area contributed by atoms with Crippen LogP contribution in [0.2, 0.25) is 0 Å². The number of carbonyl (C=O) groups is 1. The third-order valence-corrected chi connectivity index (χ3v) is 3.83. The molecule has 3 nitrogen and oxygen atoms in total. The van der Waals surface area contributed by atoms with E-state index in [0.717, 1.165) is 10.9 Å². The molecule has 0 radical (unpaired) electrons. The molecule has 1 amide bonds. The molecular formula is C10H14BrNO2S. The summed E-state index contributed by atoms with van der Waals surface area (Å²) in [6.45, 7) is 0.430. The highest BCUT2D eigenvalue weighted by atomic mass is 79.9. The van der Waals surface area contributed by atoms with Crippen molar-refractivity contribution in [3.8, 4) is 0 Å². The average Bonchev–Trinajstić information content (AvgIpc) is 2.61. The molecule has 1 aromatic heterocycles. The van der Waals surface area contributed by atoms with Crippen molar-refractivity contribution in [3.63, 3.8) is 0 Å². The molecule has 1 rings (SSSR count). The summed E-state index contributed by atoms with van der Waals surface area (Å²) in [5, 5.41) is 10.7. The van der Waals surface area contributed by atoms with Crippen molar-refractivity contribution in [2.75, 3.05) is 20.2 Å². The fourth-order valence-electron chi connectivity index (χ4n) is 1.18. The lowest BCUT2D eigenvalue weighted by Crippen LogP contribution is -2.29. The number of rotatable bonds is 5. The molecule has 0 aliphatic rings. The molecule has 0 fully saturated rings. The Kier molecular flexibility index (Phi) is 5.28. The number of hydrogen-bond acceptors (Lipinski definition) is 3. The minimum Gasteiger partial charge on any atom is -0.395 e. The lowest BCUT2D eigenvalue weighted by molar-refractivity contribution is -0.130. The lowest BCUT2D eigenvalue weighted by atomic mass is 10.2. The molecule has 1 heterocycles. The van der Waals surface area contributed by atoms with Crippen molar-refractivity contribution in [1.29, 1.82) is 0 Å². The van der Waals surface area contributed by atoms with Gasteiger partial charge in [0, 0.05) is 34.7 Å².